The molecule has 2 rings (SSSR count). The molecule has 2 aromatic rings. The van der Waals surface area contributed by atoms with Crippen molar-refractivity contribution in [2.24, 2.45) is 5.92 Å². The van der Waals surface area contributed by atoms with Gasteiger partial charge in [0.15, 0.2) is 0 Å². The lowest BCUT2D eigenvalue weighted by Gasteiger charge is -2.19. The van der Waals surface area contributed by atoms with Crippen LogP contribution >= 0.6 is 11.8 Å². The number of hydrogen-bond donors (Lipinski definition) is 0. The minimum atomic E-state index is 0.0117. The molecule has 0 aliphatic carbocycles. The molecule has 2 aromatic heterocycles. The van der Waals surface area contributed by atoms with Gasteiger partial charge in [0.05, 0.1) is 11.3 Å². The zero-order valence-electron chi connectivity index (χ0n) is 14.1. The van der Waals surface area contributed by atoms with Crippen LogP contribution in [0.1, 0.15) is 42.1 Å². The Bertz CT molecular complexity index is 655. The molecule has 0 saturated carbocycles. The number of rotatable bonds is 7. The third-order valence-corrected chi connectivity index (χ3v) is 4.46. The van der Waals surface area contributed by atoms with E-state index in [0.29, 0.717) is 17.2 Å². The molecule has 0 aromatic carbocycles. The average Bonchev–Trinajstić information content (AvgIpc) is 2.95. The zero-order valence-corrected chi connectivity index (χ0v) is 14.9. The van der Waals surface area contributed by atoms with Crippen LogP contribution in [0, 0.1) is 12.8 Å². The van der Waals surface area contributed by atoms with Crippen LogP contribution in [0.4, 0.5) is 0 Å². The van der Waals surface area contributed by atoms with Crippen molar-refractivity contribution in [2.45, 2.75) is 38.0 Å². The van der Waals surface area contributed by atoms with Gasteiger partial charge in [-0.3, -0.25) is 4.79 Å². The maximum Gasteiger partial charge on any atom is 0.256 e. The summed E-state index contributed by atoms with van der Waals surface area (Å²) in [5, 5.41) is 4.70. The molecule has 0 atom stereocenters. The first-order valence-corrected chi connectivity index (χ1v) is 8.71. The van der Waals surface area contributed by atoms with Gasteiger partial charge in [0.2, 0.25) is 0 Å². The van der Waals surface area contributed by atoms with Gasteiger partial charge in [0.25, 0.3) is 5.91 Å². The molecule has 5 nitrogen and oxygen atoms in total. The smallest absolute Gasteiger partial charge is 0.256 e. The normalized spacial score (nSPS) is 11.0. The molecule has 0 aliphatic heterocycles. The molecular formula is C17H23N3O2S. The minimum Gasteiger partial charge on any atom is -0.361 e. The van der Waals surface area contributed by atoms with Crippen molar-refractivity contribution < 1.29 is 9.32 Å². The van der Waals surface area contributed by atoms with E-state index in [1.54, 1.807) is 17.2 Å². The number of amides is 1. The summed E-state index contributed by atoms with van der Waals surface area (Å²) in [6, 6.07) is 5.53. The van der Waals surface area contributed by atoms with Crippen LogP contribution < -0.4 is 0 Å². The number of nitrogens with zero attached hydrogens (tertiary/aromatic N) is 3. The van der Waals surface area contributed by atoms with Crippen molar-refractivity contribution in [3.63, 3.8) is 0 Å². The van der Waals surface area contributed by atoms with Gasteiger partial charge in [0, 0.05) is 31.6 Å². The largest absolute Gasteiger partial charge is 0.361 e. The Morgan fingerprint density at radius 3 is 2.87 bits per heavy atom. The molecule has 0 bridgehead atoms. The van der Waals surface area contributed by atoms with Gasteiger partial charge in [-0.25, -0.2) is 4.98 Å². The highest BCUT2D eigenvalue weighted by Gasteiger charge is 2.17. The lowest BCUT2D eigenvalue weighted by molar-refractivity contribution is 0.0785. The number of aryl methyl sites for hydroxylation is 1. The van der Waals surface area contributed by atoms with E-state index in [1.807, 2.05) is 26.1 Å². The number of aromatic nitrogens is 2. The van der Waals surface area contributed by atoms with Gasteiger partial charge < -0.3 is 9.42 Å². The van der Waals surface area contributed by atoms with Crippen LogP contribution in [-0.4, -0.2) is 34.5 Å². The van der Waals surface area contributed by atoms with Crippen molar-refractivity contribution in [3.05, 3.63) is 41.4 Å². The van der Waals surface area contributed by atoms with E-state index in [-0.39, 0.29) is 5.91 Å². The summed E-state index contributed by atoms with van der Waals surface area (Å²) in [6.45, 7) is 6.92. The molecular weight excluding hydrogens is 310 g/mol. The van der Waals surface area contributed by atoms with Gasteiger partial charge in [0.1, 0.15) is 10.8 Å². The molecule has 0 unspecified atom stereocenters. The van der Waals surface area contributed by atoms with Crippen molar-refractivity contribution in [3.8, 4) is 0 Å². The second-order valence-corrected chi connectivity index (χ2v) is 6.95. The fraction of sp³-hybridized carbons (Fsp3) is 0.471. The predicted octanol–water partition coefficient (Wildman–Crippen LogP) is 3.79. The highest BCUT2D eigenvalue weighted by atomic mass is 32.2. The summed E-state index contributed by atoms with van der Waals surface area (Å²) in [6.07, 6.45) is 2.70. The van der Waals surface area contributed by atoms with E-state index in [4.69, 9.17) is 4.52 Å². The van der Waals surface area contributed by atoms with Gasteiger partial charge in [-0.15, -0.1) is 0 Å². The minimum absolute atomic E-state index is 0.0117. The van der Waals surface area contributed by atoms with E-state index in [9.17, 15) is 4.79 Å². The highest BCUT2D eigenvalue weighted by molar-refractivity contribution is 7.98. The van der Waals surface area contributed by atoms with Crippen LogP contribution in [-0.2, 0) is 5.75 Å². The monoisotopic (exact) mass is 333 g/mol. The molecule has 0 spiro atoms. The summed E-state index contributed by atoms with van der Waals surface area (Å²) < 4.78 is 5.06. The van der Waals surface area contributed by atoms with Crippen LogP contribution in [0.25, 0.3) is 0 Å². The SMILES string of the molecule is Cc1cc(CSc2ncccc2C(=O)N(C)CCC(C)C)no1. The number of hydrogen-bond acceptors (Lipinski definition) is 5. The summed E-state index contributed by atoms with van der Waals surface area (Å²) >= 11 is 1.50. The molecule has 2 heterocycles. The molecule has 0 aliphatic rings. The zero-order chi connectivity index (χ0) is 16.8. The molecule has 1 amide bonds. The Labute approximate surface area is 141 Å². The van der Waals surface area contributed by atoms with E-state index in [1.165, 1.54) is 11.8 Å². The second-order valence-electron chi connectivity index (χ2n) is 5.98. The Morgan fingerprint density at radius 2 is 2.22 bits per heavy atom. The van der Waals surface area contributed by atoms with Crippen LogP contribution in [0.2, 0.25) is 0 Å². The van der Waals surface area contributed by atoms with Crippen molar-refractivity contribution in [2.75, 3.05) is 13.6 Å². The third-order valence-electron chi connectivity index (χ3n) is 3.42. The van der Waals surface area contributed by atoms with Crippen molar-refractivity contribution in [1.29, 1.82) is 0 Å². The number of carbonyl (C=O) groups excluding carboxylic acids is 1. The van der Waals surface area contributed by atoms with E-state index < -0.39 is 0 Å². The third kappa shape index (κ3) is 5.10. The summed E-state index contributed by atoms with van der Waals surface area (Å²) in [5.41, 5.74) is 1.49. The van der Waals surface area contributed by atoms with Crippen LogP contribution in [0.5, 0.6) is 0 Å². The van der Waals surface area contributed by atoms with Crippen LogP contribution in [0.3, 0.4) is 0 Å². The molecule has 124 valence electrons. The molecule has 0 radical (unpaired) electrons. The van der Waals surface area contributed by atoms with Gasteiger partial charge in [-0.2, -0.15) is 0 Å². The second kappa shape index (κ2) is 8.15. The van der Waals surface area contributed by atoms with Gasteiger partial charge >= 0.3 is 0 Å². The van der Waals surface area contributed by atoms with E-state index in [0.717, 1.165) is 29.4 Å². The molecule has 0 fully saturated rings. The lowest BCUT2D eigenvalue weighted by atomic mass is 10.1. The number of thioether (sulfide) groups is 1. The molecule has 0 saturated heterocycles. The van der Waals surface area contributed by atoms with Gasteiger partial charge in [-0.1, -0.05) is 30.8 Å². The first kappa shape index (κ1) is 17.5. The fourth-order valence-corrected chi connectivity index (χ4v) is 2.92. The molecule has 6 heteroatoms. The number of pyridine rings is 1. The molecule has 23 heavy (non-hydrogen) atoms. The summed E-state index contributed by atoms with van der Waals surface area (Å²) in [5.74, 6) is 2.00. The first-order valence-electron chi connectivity index (χ1n) is 7.73. The average molecular weight is 333 g/mol. The summed E-state index contributed by atoms with van der Waals surface area (Å²) in [4.78, 5) is 18.8. The Morgan fingerprint density at radius 1 is 1.43 bits per heavy atom. The molecule has 0 N–H and O–H groups in total. The Balaban J connectivity index is 2.05. The fourth-order valence-electron chi connectivity index (χ4n) is 2.06. The van der Waals surface area contributed by atoms with Crippen LogP contribution in [0.15, 0.2) is 33.9 Å². The maximum atomic E-state index is 12.6. The standard InChI is InChI=1S/C17H23N3O2S/c1-12(2)7-9-20(4)17(21)15-6-5-8-18-16(15)23-11-14-10-13(3)22-19-14/h5-6,8,10,12H,7,9,11H2,1-4H3. The maximum absolute atomic E-state index is 12.6. The first-order chi connectivity index (χ1) is 11.0. The topological polar surface area (TPSA) is 59.2 Å². The predicted molar refractivity (Wildman–Crippen MR) is 91.5 cm³/mol. The lowest BCUT2D eigenvalue weighted by Crippen LogP contribution is -2.29. The number of carbonyl (C=O) groups is 1. The van der Waals surface area contributed by atoms with E-state index in [2.05, 4.69) is 24.0 Å². The van der Waals surface area contributed by atoms with Crippen molar-refractivity contribution >= 4 is 17.7 Å². The Hall–Kier alpha value is -1.82. The van der Waals surface area contributed by atoms with Gasteiger partial charge in [-0.05, 0) is 31.4 Å². The Kier molecular flexibility index (Phi) is 6.21. The van der Waals surface area contributed by atoms with E-state index >= 15 is 0 Å². The summed E-state index contributed by atoms with van der Waals surface area (Å²) in [7, 11) is 1.84. The van der Waals surface area contributed by atoms with Crippen molar-refractivity contribution in [1.82, 2.24) is 15.0 Å². The highest BCUT2D eigenvalue weighted by Crippen LogP contribution is 2.25. The quantitative estimate of drug-likeness (QED) is 0.722.